The summed E-state index contributed by atoms with van der Waals surface area (Å²) in [4.78, 5) is 12.3. The number of esters is 1. The molecule has 0 heterocycles. The average Bonchev–Trinajstić information content (AvgIpc) is 3.15. The zero-order valence-electron chi connectivity index (χ0n) is 16.0. The van der Waals surface area contributed by atoms with E-state index >= 15 is 0 Å². The van der Waals surface area contributed by atoms with Crippen molar-refractivity contribution in [3.05, 3.63) is 0 Å². The zero-order chi connectivity index (χ0) is 21.3. The molecule has 0 radical (unpaired) electrons. The molecule has 2 saturated carbocycles. The Balaban J connectivity index is 2.14. The number of carbonyl (C=O) groups is 1. The lowest BCUT2D eigenvalue weighted by molar-refractivity contribution is -0.411. The van der Waals surface area contributed by atoms with Gasteiger partial charge in [0.05, 0.1) is 5.92 Å². The molecule has 2 aliphatic rings. The van der Waals surface area contributed by atoms with Crippen LogP contribution in [0.4, 0.5) is 26.3 Å². The third-order valence-corrected chi connectivity index (χ3v) is 5.62. The van der Waals surface area contributed by atoms with Crippen LogP contribution in [-0.4, -0.2) is 42.9 Å². The van der Waals surface area contributed by atoms with Crippen LogP contribution in [0.15, 0.2) is 0 Å². The van der Waals surface area contributed by atoms with E-state index in [0.717, 1.165) is 33.1 Å². The molecule has 0 aromatic heterocycles. The van der Waals surface area contributed by atoms with Crippen molar-refractivity contribution >= 4 is 5.97 Å². The van der Waals surface area contributed by atoms with Crippen LogP contribution < -0.4 is 0 Å². The molecule has 0 aliphatic heterocycles. The number of rotatable bonds is 8. The van der Waals surface area contributed by atoms with E-state index in [1.807, 2.05) is 0 Å². The quantitative estimate of drug-likeness (QED) is 0.315. The summed E-state index contributed by atoms with van der Waals surface area (Å²) in [5, 5.41) is 0. The molecule has 0 saturated heterocycles. The predicted molar refractivity (Wildman–Crippen MR) is 86.1 cm³/mol. The molecule has 4 nitrogen and oxygen atoms in total. The Kier molecular flexibility index (Phi) is 6.95. The molecular formula is C18H26F6O4. The van der Waals surface area contributed by atoms with Crippen LogP contribution in [0.25, 0.3) is 0 Å². The first kappa shape index (κ1) is 23.3. The van der Waals surface area contributed by atoms with E-state index in [9.17, 15) is 31.1 Å². The molecule has 2 fully saturated rings. The minimum Gasteiger partial charge on any atom is -0.462 e. The first-order valence-corrected chi connectivity index (χ1v) is 9.44. The molecule has 0 spiro atoms. The van der Waals surface area contributed by atoms with E-state index in [1.54, 1.807) is 0 Å². The predicted octanol–water partition coefficient (Wildman–Crippen LogP) is 5.01. The Morgan fingerprint density at radius 1 is 1.04 bits per heavy atom. The smallest absolute Gasteiger partial charge is 0.426 e. The number of alkyl halides is 6. The van der Waals surface area contributed by atoms with Crippen molar-refractivity contribution in [1.29, 1.82) is 0 Å². The van der Waals surface area contributed by atoms with Gasteiger partial charge < -0.3 is 14.2 Å². The Hall–Kier alpha value is -1.03. The number of hydrogen-bond donors (Lipinski definition) is 0. The van der Waals surface area contributed by atoms with Gasteiger partial charge in [-0.25, -0.2) is 0 Å². The summed E-state index contributed by atoms with van der Waals surface area (Å²) in [7, 11) is 0. The average molecular weight is 420 g/mol. The molecule has 164 valence electrons. The number of fused-ring (bicyclic) bond motifs is 2. The van der Waals surface area contributed by atoms with Crippen LogP contribution in [-0.2, 0) is 19.0 Å². The fourth-order valence-electron chi connectivity index (χ4n) is 4.39. The van der Waals surface area contributed by atoms with Gasteiger partial charge >= 0.3 is 18.3 Å². The summed E-state index contributed by atoms with van der Waals surface area (Å²) in [6, 6.07) is 0. The van der Waals surface area contributed by atoms with Gasteiger partial charge in [-0.3, -0.25) is 4.79 Å². The summed E-state index contributed by atoms with van der Waals surface area (Å²) in [5.41, 5.74) is -4.50. The van der Waals surface area contributed by atoms with E-state index in [-0.39, 0.29) is 12.5 Å². The highest BCUT2D eigenvalue weighted by atomic mass is 19.4. The molecule has 2 aliphatic carbocycles. The molecule has 5 atom stereocenters. The molecule has 0 aromatic rings. The van der Waals surface area contributed by atoms with Gasteiger partial charge in [-0.15, -0.1) is 0 Å². The molecule has 2 bridgehead atoms. The largest absolute Gasteiger partial charge is 0.462 e. The van der Waals surface area contributed by atoms with Crippen molar-refractivity contribution < 1.29 is 45.3 Å². The van der Waals surface area contributed by atoms with E-state index in [1.165, 1.54) is 6.92 Å². The van der Waals surface area contributed by atoms with Crippen LogP contribution >= 0.6 is 0 Å². The highest BCUT2D eigenvalue weighted by molar-refractivity contribution is 5.73. The number of hydrogen-bond acceptors (Lipinski definition) is 4. The first-order valence-electron chi connectivity index (χ1n) is 9.44. The van der Waals surface area contributed by atoms with Gasteiger partial charge in [-0.05, 0) is 51.9 Å². The lowest BCUT2D eigenvalue weighted by Crippen LogP contribution is -2.61. The van der Waals surface area contributed by atoms with Crippen molar-refractivity contribution in [1.82, 2.24) is 0 Å². The maximum atomic E-state index is 13.6. The summed E-state index contributed by atoms with van der Waals surface area (Å²) < 4.78 is 95.4. The number of carbonyl (C=O) groups excluding carboxylic acids is 1. The van der Waals surface area contributed by atoms with Crippen LogP contribution in [0.1, 0.15) is 52.9 Å². The minimum atomic E-state index is -5.77. The fourth-order valence-corrected chi connectivity index (χ4v) is 4.39. The number of ether oxygens (including phenoxy) is 3. The van der Waals surface area contributed by atoms with Crippen molar-refractivity contribution in [2.45, 2.75) is 83.2 Å². The topological polar surface area (TPSA) is 44.8 Å². The minimum absolute atomic E-state index is 0.105. The molecule has 0 amide bonds. The van der Waals surface area contributed by atoms with E-state index in [4.69, 9.17) is 9.47 Å². The molecule has 28 heavy (non-hydrogen) atoms. The first-order chi connectivity index (χ1) is 12.8. The van der Waals surface area contributed by atoms with Crippen LogP contribution in [0.2, 0.25) is 0 Å². The Labute approximate surface area is 159 Å². The molecule has 10 heteroatoms. The second kappa shape index (κ2) is 8.38. The van der Waals surface area contributed by atoms with Crippen LogP contribution in [0, 0.1) is 17.8 Å². The maximum Gasteiger partial charge on any atom is 0.426 e. The lowest BCUT2D eigenvalue weighted by Gasteiger charge is -2.40. The SMILES string of the molecule is CCOC(C)OC(CC(C)OC(=O)C1CC2CCC1C2)(C(F)(F)F)C(F)(F)F. The Morgan fingerprint density at radius 3 is 2.07 bits per heavy atom. The van der Waals surface area contributed by atoms with Gasteiger partial charge in [0.15, 0.2) is 6.29 Å². The Morgan fingerprint density at radius 2 is 1.64 bits per heavy atom. The van der Waals surface area contributed by atoms with Gasteiger partial charge in [0.25, 0.3) is 5.60 Å². The molecule has 5 unspecified atom stereocenters. The van der Waals surface area contributed by atoms with E-state index in [0.29, 0.717) is 12.3 Å². The highest BCUT2D eigenvalue weighted by Crippen LogP contribution is 2.51. The standard InChI is InChI=1S/C18H26F6O4/c1-4-26-11(3)28-16(17(19,20)21,18(22,23)24)9-10(2)27-15(25)14-8-12-5-6-13(14)7-12/h10-14H,4-9H2,1-3H3. The van der Waals surface area contributed by atoms with Crippen LogP contribution in [0.5, 0.6) is 0 Å². The van der Waals surface area contributed by atoms with Crippen molar-refractivity contribution in [2.24, 2.45) is 17.8 Å². The summed E-state index contributed by atoms with van der Waals surface area (Å²) in [6.45, 7) is 3.28. The van der Waals surface area contributed by atoms with E-state index < -0.39 is 48.7 Å². The summed E-state index contributed by atoms with van der Waals surface area (Å²) in [6.07, 6.45) is -13.3. The lowest BCUT2D eigenvalue weighted by atomic mass is 9.89. The maximum absolute atomic E-state index is 13.6. The van der Waals surface area contributed by atoms with Gasteiger partial charge in [-0.2, -0.15) is 26.3 Å². The summed E-state index contributed by atoms with van der Waals surface area (Å²) >= 11 is 0. The zero-order valence-corrected chi connectivity index (χ0v) is 16.0. The second-order valence-corrected chi connectivity index (χ2v) is 7.70. The van der Waals surface area contributed by atoms with Gasteiger partial charge in [0.1, 0.15) is 6.10 Å². The van der Waals surface area contributed by atoms with E-state index in [2.05, 4.69) is 4.74 Å². The monoisotopic (exact) mass is 420 g/mol. The van der Waals surface area contributed by atoms with Crippen molar-refractivity contribution in [3.8, 4) is 0 Å². The van der Waals surface area contributed by atoms with Crippen molar-refractivity contribution in [2.75, 3.05) is 6.61 Å². The third kappa shape index (κ3) is 4.75. The van der Waals surface area contributed by atoms with Crippen molar-refractivity contribution in [3.63, 3.8) is 0 Å². The molecule has 2 rings (SSSR count). The molecule has 0 aromatic carbocycles. The third-order valence-electron chi connectivity index (χ3n) is 5.62. The summed E-state index contributed by atoms with van der Waals surface area (Å²) in [5.74, 6) is -0.682. The number of halogens is 6. The molecule has 0 N–H and O–H groups in total. The van der Waals surface area contributed by atoms with Crippen LogP contribution in [0.3, 0.4) is 0 Å². The van der Waals surface area contributed by atoms with Gasteiger partial charge in [0, 0.05) is 13.0 Å². The highest BCUT2D eigenvalue weighted by Gasteiger charge is 2.73. The second-order valence-electron chi connectivity index (χ2n) is 7.70. The van der Waals surface area contributed by atoms with Gasteiger partial charge in [-0.1, -0.05) is 6.42 Å². The normalized spacial score (nSPS) is 27.7. The van der Waals surface area contributed by atoms with Gasteiger partial charge in [0.2, 0.25) is 0 Å². The Bertz CT molecular complexity index is 533. The molecular weight excluding hydrogens is 394 g/mol. The fraction of sp³-hybridized carbons (Fsp3) is 0.944.